The quantitative estimate of drug-likeness (QED) is 0.539. The minimum atomic E-state index is 0.707. The van der Waals surface area contributed by atoms with E-state index >= 15 is 0 Å². The van der Waals surface area contributed by atoms with Crippen LogP contribution in [0.3, 0.4) is 0 Å². The van der Waals surface area contributed by atoms with Crippen molar-refractivity contribution >= 4 is 21.7 Å². The van der Waals surface area contributed by atoms with E-state index in [0.29, 0.717) is 5.65 Å². The minimum Gasteiger partial charge on any atom is -0.223 e. The molecule has 0 unspecified atom stereocenters. The van der Waals surface area contributed by atoms with Gasteiger partial charge < -0.3 is 0 Å². The van der Waals surface area contributed by atoms with Crippen molar-refractivity contribution in [3.63, 3.8) is 0 Å². The Balaban J connectivity index is 2.95. The summed E-state index contributed by atoms with van der Waals surface area (Å²) in [6.45, 7) is 0. The normalized spacial score (nSPS) is 10.2. The average Bonchev–Trinajstić information content (AvgIpc) is 2.33. The lowest BCUT2D eigenvalue weighted by Gasteiger charge is -1.77. The van der Waals surface area contributed by atoms with Crippen LogP contribution < -0.4 is 0 Å². The number of nitrogens with zero attached hydrogens (tertiary/aromatic N) is 3. The fraction of sp³-hybridized carbons (Fsp3) is 0. The van der Waals surface area contributed by atoms with Gasteiger partial charge in [0.2, 0.25) is 0 Å². The highest BCUT2D eigenvalue weighted by Crippen LogP contribution is 2.11. The predicted octanol–water partition coefficient (Wildman–Crippen LogP) is 0.886. The molecule has 0 saturated carbocycles. The highest BCUT2D eigenvalue weighted by Gasteiger charge is 1.93. The molecule has 0 atom stereocenters. The Kier molecular flexibility index (Phi) is 0.927. The number of aromatic nitrogens is 3. The molecule has 2 rings (SSSR count). The molecule has 4 heteroatoms. The van der Waals surface area contributed by atoms with Gasteiger partial charge in [-0.25, -0.2) is 4.98 Å². The summed E-state index contributed by atoms with van der Waals surface area (Å²) in [5.74, 6) is 0. The van der Waals surface area contributed by atoms with Gasteiger partial charge in [0.25, 0.3) is 0 Å². The van der Waals surface area contributed by atoms with Crippen LogP contribution in [0, 0.1) is 6.20 Å². The van der Waals surface area contributed by atoms with Crippen LogP contribution in [-0.2, 0) is 0 Å². The van der Waals surface area contributed by atoms with E-state index in [2.05, 4.69) is 21.4 Å². The molecule has 0 saturated heterocycles. The zero-order chi connectivity index (χ0) is 6.10. The second-order valence-electron chi connectivity index (χ2n) is 1.51. The summed E-state index contributed by atoms with van der Waals surface area (Å²) >= 11 is 1.54. The maximum Gasteiger partial charge on any atom is 0.192 e. The van der Waals surface area contributed by atoms with Crippen molar-refractivity contribution in [3.8, 4) is 0 Å². The molecule has 2 heterocycles. The molecule has 0 amide bonds. The highest BCUT2D eigenvalue weighted by atomic mass is 32.1. The molecule has 2 aromatic heterocycles. The van der Waals surface area contributed by atoms with E-state index < -0.39 is 0 Å². The molecule has 0 aliphatic carbocycles. The number of hydrogen-bond acceptors (Lipinski definition) is 4. The van der Waals surface area contributed by atoms with Crippen LogP contribution in [-0.4, -0.2) is 15.2 Å². The van der Waals surface area contributed by atoms with Gasteiger partial charge >= 0.3 is 0 Å². The Hall–Kier alpha value is -1.03. The van der Waals surface area contributed by atoms with Gasteiger partial charge in [-0.1, -0.05) is 0 Å². The fourth-order valence-corrected chi connectivity index (χ4v) is 1.17. The molecule has 0 aromatic carbocycles. The van der Waals surface area contributed by atoms with Crippen molar-refractivity contribution in [2.45, 2.75) is 0 Å². The molecular formula is C5H2N3S. The minimum absolute atomic E-state index is 0.707. The van der Waals surface area contributed by atoms with Crippen LogP contribution in [0.2, 0.25) is 0 Å². The lowest BCUT2D eigenvalue weighted by Crippen LogP contribution is -1.78. The summed E-state index contributed by atoms with van der Waals surface area (Å²) in [5, 5.41) is 7.29. The molecule has 43 valence electrons. The van der Waals surface area contributed by atoms with Crippen molar-refractivity contribution in [2.75, 3.05) is 0 Å². The summed E-state index contributed by atoms with van der Waals surface area (Å²) in [4.78, 5) is 3.94. The lowest BCUT2D eigenvalue weighted by molar-refractivity contribution is 1.05. The summed E-state index contributed by atoms with van der Waals surface area (Å²) in [5.41, 5.74) is 2.45. The SMILES string of the molecule is [c]1cc2scnc2nn1. The topological polar surface area (TPSA) is 38.7 Å². The lowest BCUT2D eigenvalue weighted by atomic mass is 10.6. The first kappa shape index (κ1) is 4.81. The van der Waals surface area contributed by atoms with E-state index in [1.54, 1.807) is 22.9 Å². The third-order valence-electron chi connectivity index (χ3n) is 0.973. The second-order valence-corrected chi connectivity index (χ2v) is 2.40. The van der Waals surface area contributed by atoms with Crippen molar-refractivity contribution in [1.82, 2.24) is 15.2 Å². The van der Waals surface area contributed by atoms with Gasteiger partial charge in [0.15, 0.2) is 5.65 Å². The zero-order valence-corrected chi connectivity index (χ0v) is 5.22. The number of fused-ring (bicyclic) bond motifs is 1. The van der Waals surface area contributed by atoms with Gasteiger partial charge in [-0.3, -0.25) is 0 Å². The van der Waals surface area contributed by atoms with Crippen molar-refractivity contribution < 1.29 is 0 Å². The third kappa shape index (κ3) is 0.675. The summed E-state index contributed by atoms with van der Waals surface area (Å²) in [6, 6.07) is 1.78. The third-order valence-corrected chi connectivity index (χ3v) is 1.74. The van der Waals surface area contributed by atoms with Crippen molar-refractivity contribution in [2.24, 2.45) is 0 Å². The van der Waals surface area contributed by atoms with Crippen LogP contribution in [0.25, 0.3) is 10.3 Å². The molecule has 0 aliphatic rings. The maximum atomic E-state index is 3.94. The van der Waals surface area contributed by atoms with Crippen LogP contribution in [0.1, 0.15) is 0 Å². The van der Waals surface area contributed by atoms with Gasteiger partial charge in [0.05, 0.1) is 10.2 Å². The smallest absolute Gasteiger partial charge is 0.192 e. The molecule has 0 aliphatic heterocycles. The molecule has 0 N–H and O–H groups in total. The predicted molar refractivity (Wildman–Crippen MR) is 34.0 cm³/mol. The Morgan fingerprint density at radius 2 is 2.56 bits per heavy atom. The molecule has 0 spiro atoms. The average molecular weight is 136 g/mol. The molecule has 0 fully saturated rings. The van der Waals surface area contributed by atoms with E-state index in [9.17, 15) is 0 Å². The standard InChI is InChI=1S/C5H2N3S/c1-2-7-8-5-4(1)9-3-6-5/h1,3H. The first-order valence-corrected chi connectivity index (χ1v) is 3.28. The number of thiazole rings is 1. The molecule has 3 nitrogen and oxygen atoms in total. The summed E-state index contributed by atoms with van der Waals surface area (Å²) in [7, 11) is 0. The monoisotopic (exact) mass is 136 g/mol. The molecule has 1 radical (unpaired) electrons. The van der Waals surface area contributed by atoms with E-state index in [0.717, 1.165) is 4.70 Å². The molecule has 2 aromatic rings. The Morgan fingerprint density at radius 1 is 1.56 bits per heavy atom. The van der Waals surface area contributed by atoms with Gasteiger partial charge in [-0.15, -0.1) is 21.5 Å². The van der Waals surface area contributed by atoms with Crippen molar-refractivity contribution in [1.29, 1.82) is 0 Å². The first-order chi connectivity index (χ1) is 4.47. The van der Waals surface area contributed by atoms with Gasteiger partial charge in [-0.05, 0) is 6.07 Å². The van der Waals surface area contributed by atoms with E-state index in [1.165, 1.54) is 0 Å². The number of hydrogen-bond donors (Lipinski definition) is 0. The maximum absolute atomic E-state index is 3.94. The Bertz CT molecular complexity index is 286. The molecule has 9 heavy (non-hydrogen) atoms. The molecular weight excluding hydrogens is 134 g/mol. The van der Waals surface area contributed by atoms with Gasteiger partial charge in [0.1, 0.15) is 6.20 Å². The van der Waals surface area contributed by atoms with Crippen LogP contribution in [0.15, 0.2) is 11.6 Å². The highest BCUT2D eigenvalue weighted by molar-refractivity contribution is 7.16. The molecule has 0 bridgehead atoms. The Labute approximate surface area is 55.4 Å². The summed E-state index contributed by atoms with van der Waals surface area (Å²) in [6.07, 6.45) is 2.63. The van der Waals surface area contributed by atoms with Gasteiger partial charge in [-0.2, -0.15) is 0 Å². The first-order valence-electron chi connectivity index (χ1n) is 2.40. The van der Waals surface area contributed by atoms with Crippen LogP contribution >= 0.6 is 11.3 Å². The van der Waals surface area contributed by atoms with Crippen LogP contribution in [0.4, 0.5) is 0 Å². The number of rotatable bonds is 0. The largest absolute Gasteiger partial charge is 0.223 e. The summed E-state index contributed by atoms with van der Waals surface area (Å²) < 4.78 is 1.03. The van der Waals surface area contributed by atoms with E-state index in [1.807, 2.05) is 0 Å². The van der Waals surface area contributed by atoms with Crippen LogP contribution in [0.5, 0.6) is 0 Å². The van der Waals surface area contributed by atoms with Crippen molar-refractivity contribution in [3.05, 3.63) is 17.8 Å². The second kappa shape index (κ2) is 1.73. The van der Waals surface area contributed by atoms with Gasteiger partial charge in [0, 0.05) is 0 Å². The zero-order valence-electron chi connectivity index (χ0n) is 4.40. The van der Waals surface area contributed by atoms with E-state index in [4.69, 9.17) is 0 Å². The fourth-order valence-electron chi connectivity index (χ4n) is 0.587. The Morgan fingerprint density at radius 3 is 3.44 bits per heavy atom. The van der Waals surface area contributed by atoms with E-state index in [-0.39, 0.29) is 0 Å².